The maximum atomic E-state index is 4.29. The van der Waals surface area contributed by atoms with Gasteiger partial charge in [-0.3, -0.25) is 9.58 Å². The smallest absolute Gasteiger partial charge is 0.0492 e. The summed E-state index contributed by atoms with van der Waals surface area (Å²) in [6, 6.07) is 2.80. The summed E-state index contributed by atoms with van der Waals surface area (Å²) in [5.74, 6) is 1.60. The predicted molar refractivity (Wildman–Crippen MR) is 86.2 cm³/mol. The van der Waals surface area contributed by atoms with Gasteiger partial charge in [-0.25, -0.2) is 0 Å². The third-order valence-electron chi connectivity index (χ3n) is 5.54. The Kier molecular flexibility index (Phi) is 4.10. The molecule has 0 radical (unpaired) electrons. The summed E-state index contributed by atoms with van der Waals surface area (Å²) in [7, 11) is 2.04. The fourth-order valence-corrected chi connectivity index (χ4v) is 3.86. The van der Waals surface area contributed by atoms with Crippen molar-refractivity contribution in [3.05, 3.63) is 18.0 Å². The van der Waals surface area contributed by atoms with Crippen molar-refractivity contribution in [3.63, 3.8) is 0 Å². The molecule has 2 atom stereocenters. The van der Waals surface area contributed by atoms with Gasteiger partial charge in [0.15, 0.2) is 0 Å². The Balaban J connectivity index is 1.67. The Morgan fingerprint density at radius 1 is 1.43 bits per heavy atom. The molecular weight excluding hydrogens is 260 g/mol. The van der Waals surface area contributed by atoms with Crippen LogP contribution in [-0.2, 0) is 13.5 Å². The molecule has 1 saturated heterocycles. The van der Waals surface area contributed by atoms with E-state index in [2.05, 4.69) is 42.2 Å². The summed E-state index contributed by atoms with van der Waals surface area (Å²) in [6.45, 7) is 10.6. The van der Waals surface area contributed by atoms with Crippen LogP contribution in [0.15, 0.2) is 12.3 Å². The fraction of sp³-hybridized carbons (Fsp3) is 0.824. The Bertz CT molecular complexity index is 477. The Morgan fingerprint density at radius 2 is 2.19 bits per heavy atom. The summed E-state index contributed by atoms with van der Waals surface area (Å²) >= 11 is 0. The standard InChI is InChI=1S/C17H30N4/c1-13(2)16-11-18-17(3,14-5-6-14)12-21(16)10-8-15-7-9-19-20(15)4/h7,9,13-14,16,18H,5-6,8,10-12H2,1-4H3. The maximum absolute atomic E-state index is 4.29. The first-order valence-electron chi connectivity index (χ1n) is 8.45. The SMILES string of the molecule is CC(C)C1CNC(C)(C2CC2)CN1CCc1ccnn1C. The van der Waals surface area contributed by atoms with Gasteiger partial charge in [0.2, 0.25) is 0 Å². The second-order valence-electron chi connectivity index (χ2n) is 7.55. The number of nitrogens with one attached hydrogen (secondary N) is 1. The van der Waals surface area contributed by atoms with Gasteiger partial charge >= 0.3 is 0 Å². The first kappa shape index (κ1) is 15.0. The molecule has 0 bridgehead atoms. The molecule has 118 valence electrons. The van der Waals surface area contributed by atoms with E-state index in [1.54, 1.807) is 0 Å². The van der Waals surface area contributed by atoms with E-state index in [0.29, 0.717) is 17.5 Å². The van der Waals surface area contributed by atoms with Crippen molar-refractivity contribution >= 4 is 0 Å². The van der Waals surface area contributed by atoms with Gasteiger partial charge in [-0.05, 0) is 37.7 Å². The van der Waals surface area contributed by atoms with Gasteiger partial charge in [0, 0.05) is 56.6 Å². The lowest BCUT2D eigenvalue weighted by atomic mass is 9.88. The summed E-state index contributed by atoms with van der Waals surface area (Å²) < 4.78 is 2.01. The quantitative estimate of drug-likeness (QED) is 0.901. The van der Waals surface area contributed by atoms with Crippen LogP contribution in [0.5, 0.6) is 0 Å². The van der Waals surface area contributed by atoms with E-state index in [1.807, 2.05) is 17.9 Å². The molecule has 4 heteroatoms. The molecule has 1 aromatic rings. The molecule has 21 heavy (non-hydrogen) atoms. The van der Waals surface area contributed by atoms with Crippen molar-refractivity contribution in [1.29, 1.82) is 0 Å². The van der Waals surface area contributed by atoms with E-state index < -0.39 is 0 Å². The zero-order valence-corrected chi connectivity index (χ0v) is 14.0. The summed E-state index contributed by atoms with van der Waals surface area (Å²) in [6.07, 6.45) is 5.82. The molecule has 1 aromatic heterocycles. The highest BCUT2D eigenvalue weighted by Gasteiger charge is 2.46. The number of aromatic nitrogens is 2. The van der Waals surface area contributed by atoms with Crippen molar-refractivity contribution in [2.24, 2.45) is 18.9 Å². The second kappa shape index (κ2) is 5.73. The fourth-order valence-electron chi connectivity index (χ4n) is 3.86. The molecule has 2 aliphatic rings. The molecule has 0 amide bonds. The minimum absolute atomic E-state index is 0.331. The second-order valence-corrected chi connectivity index (χ2v) is 7.55. The van der Waals surface area contributed by atoms with Crippen molar-refractivity contribution in [1.82, 2.24) is 20.0 Å². The average molecular weight is 290 g/mol. The zero-order valence-electron chi connectivity index (χ0n) is 14.0. The highest BCUT2D eigenvalue weighted by atomic mass is 15.3. The first-order chi connectivity index (χ1) is 9.99. The number of aryl methyl sites for hydroxylation is 1. The third-order valence-corrected chi connectivity index (χ3v) is 5.54. The Morgan fingerprint density at radius 3 is 2.76 bits per heavy atom. The highest BCUT2D eigenvalue weighted by molar-refractivity contribution is 5.06. The molecule has 4 nitrogen and oxygen atoms in total. The lowest BCUT2D eigenvalue weighted by Gasteiger charge is -2.48. The zero-order chi connectivity index (χ0) is 15.0. The van der Waals surface area contributed by atoms with Gasteiger partial charge < -0.3 is 5.32 Å². The molecule has 3 rings (SSSR count). The topological polar surface area (TPSA) is 33.1 Å². The van der Waals surface area contributed by atoms with Gasteiger partial charge in [-0.15, -0.1) is 0 Å². The van der Waals surface area contributed by atoms with Crippen LogP contribution in [0.2, 0.25) is 0 Å². The minimum atomic E-state index is 0.331. The van der Waals surface area contributed by atoms with Crippen molar-refractivity contribution in [2.75, 3.05) is 19.6 Å². The van der Waals surface area contributed by atoms with Crippen LogP contribution in [0, 0.1) is 11.8 Å². The third kappa shape index (κ3) is 3.16. The molecule has 2 heterocycles. The minimum Gasteiger partial charge on any atom is -0.308 e. The largest absolute Gasteiger partial charge is 0.308 e. The predicted octanol–water partition coefficient (Wildman–Crippen LogP) is 2.06. The highest BCUT2D eigenvalue weighted by Crippen LogP contribution is 2.41. The van der Waals surface area contributed by atoms with Gasteiger partial charge in [0.05, 0.1) is 0 Å². The molecule has 0 spiro atoms. The molecule has 1 aliphatic carbocycles. The number of rotatable bonds is 5. The van der Waals surface area contributed by atoms with Crippen LogP contribution < -0.4 is 5.32 Å². The van der Waals surface area contributed by atoms with E-state index in [9.17, 15) is 0 Å². The van der Waals surface area contributed by atoms with E-state index in [0.717, 1.165) is 25.4 Å². The summed E-state index contributed by atoms with van der Waals surface area (Å²) in [5, 5.41) is 8.15. The molecule has 1 N–H and O–H groups in total. The Hall–Kier alpha value is -0.870. The van der Waals surface area contributed by atoms with Gasteiger partial charge in [-0.2, -0.15) is 5.10 Å². The van der Waals surface area contributed by atoms with Crippen LogP contribution in [-0.4, -0.2) is 45.9 Å². The van der Waals surface area contributed by atoms with Crippen molar-refractivity contribution in [3.8, 4) is 0 Å². The lowest BCUT2D eigenvalue weighted by Crippen LogP contribution is -2.65. The number of piperazine rings is 1. The van der Waals surface area contributed by atoms with Gasteiger partial charge in [0.25, 0.3) is 0 Å². The molecule has 2 fully saturated rings. The molecule has 1 saturated carbocycles. The van der Waals surface area contributed by atoms with Gasteiger partial charge in [0.1, 0.15) is 0 Å². The molecular formula is C17H30N4. The van der Waals surface area contributed by atoms with E-state index in [4.69, 9.17) is 0 Å². The van der Waals surface area contributed by atoms with Crippen LogP contribution in [0.4, 0.5) is 0 Å². The van der Waals surface area contributed by atoms with Gasteiger partial charge in [-0.1, -0.05) is 13.8 Å². The van der Waals surface area contributed by atoms with E-state index in [-0.39, 0.29) is 0 Å². The lowest BCUT2D eigenvalue weighted by molar-refractivity contribution is 0.0530. The number of nitrogens with zero attached hydrogens (tertiary/aromatic N) is 3. The van der Waals surface area contributed by atoms with Crippen LogP contribution in [0.1, 0.15) is 39.3 Å². The number of hydrogen-bond acceptors (Lipinski definition) is 3. The molecule has 0 aromatic carbocycles. The molecule has 1 aliphatic heterocycles. The monoisotopic (exact) mass is 290 g/mol. The normalized spacial score (nSPS) is 31.0. The Labute approximate surface area is 128 Å². The van der Waals surface area contributed by atoms with E-state index >= 15 is 0 Å². The van der Waals surface area contributed by atoms with Crippen LogP contribution >= 0.6 is 0 Å². The number of hydrogen-bond donors (Lipinski definition) is 1. The van der Waals surface area contributed by atoms with Crippen molar-refractivity contribution in [2.45, 2.75) is 51.6 Å². The van der Waals surface area contributed by atoms with E-state index in [1.165, 1.54) is 25.1 Å². The summed E-state index contributed by atoms with van der Waals surface area (Å²) in [4.78, 5) is 2.73. The maximum Gasteiger partial charge on any atom is 0.0492 e. The van der Waals surface area contributed by atoms with Crippen LogP contribution in [0.3, 0.4) is 0 Å². The summed E-state index contributed by atoms with van der Waals surface area (Å²) in [5.41, 5.74) is 1.67. The molecule has 2 unspecified atom stereocenters. The van der Waals surface area contributed by atoms with Crippen LogP contribution in [0.25, 0.3) is 0 Å². The van der Waals surface area contributed by atoms with Crippen molar-refractivity contribution < 1.29 is 0 Å². The first-order valence-corrected chi connectivity index (χ1v) is 8.45. The average Bonchev–Trinajstić information content (AvgIpc) is 3.21.